The second kappa shape index (κ2) is 7.23. The Hall–Kier alpha value is -1.42. The Balaban J connectivity index is 1.50. The molecule has 1 amide bonds. The van der Waals surface area contributed by atoms with E-state index in [2.05, 4.69) is 24.0 Å². The van der Waals surface area contributed by atoms with Gasteiger partial charge < -0.3 is 9.64 Å². The number of amides is 1. The summed E-state index contributed by atoms with van der Waals surface area (Å²) < 4.78 is 5.81. The van der Waals surface area contributed by atoms with Gasteiger partial charge in [-0.25, -0.2) is 0 Å². The summed E-state index contributed by atoms with van der Waals surface area (Å²) in [7, 11) is 0. The maximum atomic E-state index is 12.5. The third kappa shape index (κ3) is 3.86. The Bertz CT molecular complexity index is 491. The van der Waals surface area contributed by atoms with Crippen LogP contribution >= 0.6 is 0 Å². The highest BCUT2D eigenvalue weighted by atomic mass is 16.5. The topological polar surface area (TPSA) is 42.4 Å². The minimum atomic E-state index is 0.291. The van der Waals surface area contributed by atoms with E-state index in [0.29, 0.717) is 30.5 Å². The maximum Gasteiger partial charge on any atom is 0.222 e. The second-order valence-corrected chi connectivity index (χ2v) is 6.64. The van der Waals surface area contributed by atoms with Gasteiger partial charge in [0.05, 0.1) is 12.2 Å². The van der Waals surface area contributed by atoms with E-state index in [4.69, 9.17) is 4.74 Å². The molecule has 4 heteroatoms. The van der Waals surface area contributed by atoms with E-state index in [9.17, 15) is 4.79 Å². The average molecular weight is 302 g/mol. The van der Waals surface area contributed by atoms with Crippen molar-refractivity contribution in [2.75, 3.05) is 13.1 Å². The van der Waals surface area contributed by atoms with Gasteiger partial charge >= 0.3 is 0 Å². The molecule has 0 aromatic carbocycles. The maximum absolute atomic E-state index is 12.5. The van der Waals surface area contributed by atoms with E-state index in [1.807, 2.05) is 17.3 Å². The zero-order valence-corrected chi connectivity index (χ0v) is 13.4. The molecular formula is C18H26N2O2. The number of rotatable bonds is 4. The Kier molecular flexibility index (Phi) is 5.08. The van der Waals surface area contributed by atoms with Gasteiger partial charge in [0.15, 0.2) is 0 Å². The van der Waals surface area contributed by atoms with Gasteiger partial charge in [-0.3, -0.25) is 9.78 Å². The lowest BCUT2D eigenvalue weighted by atomic mass is 9.91. The van der Waals surface area contributed by atoms with Crippen molar-refractivity contribution < 1.29 is 9.53 Å². The lowest BCUT2D eigenvalue weighted by Gasteiger charge is -2.33. The van der Waals surface area contributed by atoms with Gasteiger partial charge in [0.1, 0.15) is 0 Å². The van der Waals surface area contributed by atoms with Gasteiger partial charge in [0.2, 0.25) is 5.91 Å². The van der Waals surface area contributed by atoms with E-state index >= 15 is 0 Å². The van der Waals surface area contributed by atoms with Crippen molar-refractivity contribution >= 4 is 5.91 Å². The third-order valence-electron chi connectivity index (χ3n) is 4.95. The Morgan fingerprint density at radius 3 is 2.86 bits per heavy atom. The fourth-order valence-electron chi connectivity index (χ4n) is 3.65. The summed E-state index contributed by atoms with van der Waals surface area (Å²) in [6.07, 6.45) is 10.3. The number of ether oxygens (including phenoxy) is 1. The van der Waals surface area contributed by atoms with Crippen molar-refractivity contribution in [2.24, 2.45) is 0 Å². The van der Waals surface area contributed by atoms with Gasteiger partial charge in [-0.05, 0) is 56.7 Å². The molecule has 0 radical (unpaired) electrons. The smallest absolute Gasteiger partial charge is 0.222 e. The largest absolute Gasteiger partial charge is 0.375 e. The molecule has 1 aromatic heterocycles. The summed E-state index contributed by atoms with van der Waals surface area (Å²) in [5.74, 6) is 0.755. The average Bonchev–Trinajstić information content (AvgIpc) is 2.99. The number of hydrogen-bond donors (Lipinski definition) is 0. The Morgan fingerprint density at radius 1 is 1.32 bits per heavy atom. The van der Waals surface area contributed by atoms with Crippen LogP contribution < -0.4 is 0 Å². The fraction of sp³-hybridized carbons (Fsp3) is 0.667. The third-order valence-corrected chi connectivity index (χ3v) is 4.95. The van der Waals surface area contributed by atoms with Crippen LogP contribution in [0.25, 0.3) is 0 Å². The van der Waals surface area contributed by atoms with Gasteiger partial charge in [-0.1, -0.05) is 0 Å². The molecule has 2 aliphatic heterocycles. The molecule has 0 saturated carbocycles. The van der Waals surface area contributed by atoms with Crippen molar-refractivity contribution in [1.82, 2.24) is 9.88 Å². The molecule has 1 aromatic rings. The number of carbonyl (C=O) groups excluding carboxylic acids is 1. The summed E-state index contributed by atoms with van der Waals surface area (Å²) in [5.41, 5.74) is 1.31. The van der Waals surface area contributed by atoms with Crippen LogP contribution in [0.5, 0.6) is 0 Å². The molecule has 0 bridgehead atoms. The first kappa shape index (κ1) is 15.5. The van der Waals surface area contributed by atoms with Crippen LogP contribution in [0, 0.1) is 0 Å². The summed E-state index contributed by atoms with van der Waals surface area (Å²) in [5, 5.41) is 0. The predicted octanol–water partition coefficient (Wildman–Crippen LogP) is 3.14. The van der Waals surface area contributed by atoms with Gasteiger partial charge in [-0.15, -0.1) is 0 Å². The molecule has 4 nitrogen and oxygen atoms in total. The molecule has 3 rings (SSSR count). The first-order valence-electron chi connectivity index (χ1n) is 8.55. The van der Waals surface area contributed by atoms with Crippen molar-refractivity contribution in [3.63, 3.8) is 0 Å². The number of carbonyl (C=O) groups is 1. The van der Waals surface area contributed by atoms with E-state index in [1.54, 1.807) is 0 Å². The zero-order chi connectivity index (χ0) is 15.4. The molecule has 0 N–H and O–H groups in total. The molecule has 2 aliphatic rings. The zero-order valence-electron chi connectivity index (χ0n) is 13.4. The lowest BCUT2D eigenvalue weighted by Crippen LogP contribution is -2.39. The number of piperidine rings is 1. The fourth-order valence-corrected chi connectivity index (χ4v) is 3.65. The lowest BCUT2D eigenvalue weighted by molar-refractivity contribution is -0.133. The normalized spacial score (nSPS) is 28.8. The number of aromatic nitrogens is 1. The van der Waals surface area contributed by atoms with E-state index in [1.165, 1.54) is 5.56 Å². The molecule has 3 atom stereocenters. The SMILES string of the molecule is C[C@@H]1CC[C@H](CCC(=O)N2CCC[C@@H](c3ccncc3)C2)O1. The molecule has 0 unspecified atom stereocenters. The number of pyridine rings is 1. The first-order chi connectivity index (χ1) is 10.7. The number of hydrogen-bond acceptors (Lipinski definition) is 3. The van der Waals surface area contributed by atoms with Crippen molar-refractivity contribution in [3.05, 3.63) is 30.1 Å². The summed E-state index contributed by atoms with van der Waals surface area (Å²) in [6.45, 7) is 3.87. The summed E-state index contributed by atoms with van der Waals surface area (Å²) in [6, 6.07) is 4.15. The van der Waals surface area contributed by atoms with E-state index in [0.717, 1.165) is 45.2 Å². The van der Waals surface area contributed by atoms with Crippen LogP contribution in [0.15, 0.2) is 24.5 Å². The standard InChI is InChI=1S/C18H26N2O2/c1-14-4-5-17(22-14)6-7-18(21)20-12-2-3-16(13-20)15-8-10-19-11-9-15/h8-11,14,16-17H,2-7,12-13H2,1H3/t14-,16-,17-/m1/s1. The van der Waals surface area contributed by atoms with Crippen LogP contribution in [-0.4, -0.2) is 41.1 Å². The van der Waals surface area contributed by atoms with Crippen LogP contribution in [0.3, 0.4) is 0 Å². The van der Waals surface area contributed by atoms with Crippen molar-refractivity contribution in [2.45, 2.75) is 63.6 Å². The predicted molar refractivity (Wildman–Crippen MR) is 85.6 cm³/mol. The Morgan fingerprint density at radius 2 is 2.14 bits per heavy atom. The molecule has 3 heterocycles. The Labute approximate surface area is 132 Å². The van der Waals surface area contributed by atoms with E-state index in [-0.39, 0.29) is 0 Å². The van der Waals surface area contributed by atoms with Gasteiger partial charge in [0.25, 0.3) is 0 Å². The van der Waals surface area contributed by atoms with Crippen LogP contribution in [0.4, 0.5) is 0 Å². The highest BCUT2D eigenvalue weighted by Crippen LogP contribution is 2.28. The molecule has 0 aliphatic carbocycles. The minimum Gasteiger partial charge on any atom is -0.375 e. The molecule has 0 spiro atoms. The second-order valence-electron chi connectivity index (χ2n) is 6.64. The summed E-state index contributed by atoms with van der Waals surface area (Å²) >= 11 is 0. The van der Waals surface area contributed by atoms with Crippen molar-refractivity contribution in [3.8, 4) is 0 Å². The minimum absolute atomic E-state index is 0.291. The number of likely N-dealkylation sites (tertiary alicyclic amines) is 1. The highest BCUT2D eigenvalue weighted by molar-refractivity contribution is 5.76. The molecule has 120 valence electrons. The van der Waals surface area contributed by atoms with Crippen molar-refractivity contribution in [1.29, 1.82) is 0 Å². The van der Waals surface area contributed by atoms with E-state index < -0.39 is 0 Å². The monoisotopic (exact) mass is 302 g/mol. The molecule has 2 fully saturated rings. The van der Waals surface area contributed by atoms with Crippen LogP contribution in [0.2, 0.25) is 0 Å². The van der Waals surface area contributed by atoms with Gasteiger partial charge in [-0.2, -0.15) is 0 Å². The molecular weight excluding hydrogens is 276 g/mol. The highest BCUT2D eigenvalue weighted by Gasteiger charge is 2.27. The molecule has 22 heavy (non-hydrogen) atoms. The quantitative estimate of drug-likeness (QED) is 0.858. The molecule has 2 saturated heterocycles. The van der Waals surface area contributed by atoms with Gasteiger partial charge in [0, 0.05) is 37.8 Å². The van der Waals surface area contributed by atoms with Crippen LogP contribution in [0.1, 0.15) is 56.9 Å². The summed E-state index contributed by atoms with van der Waals surface area (Å²) in [4.78, 5) is 18.6. The number of nitrogens with zero attached hydrogens (tertiary/aromatic N) is 2. The first-order valence-corrected chi connectivity index (χ1v) is 8.55. The van der Waals surface area contributed by atoms with Crippen LogP contribution in [-0.2, 0) is 9.53 Å².